The molecule has 0 unspecified atom stereocenters. The van der Waals surface area contributed by atoms with Crippen molar-refractivity contribution in [2.75, 3.05) is 6.61 Å². The van der Waals surface area contributed by atoms with Crippen molar-refractivity contribution in [3.05, 3.63) is 204 Å². The lowest BCUT2D eigenvalue weighted by Crippen LogP contribution is -2.69. The number of carbonyl (C=O) groups excluding carboxylic acids is 4. The summed E-state index contributed by atoms with van der Waals surface area (Å²) in [4.78, 5) is 56.0. The summed E-state index contributed by atoms with van der Waals surface area (Å²) in [7, 11) is -3.29. The molecule has 7 rings (SSSR count). The van der Waals surface area contributed by atoms with E-state index in [1.807, 2.05) is 60.7 Å². The molecule has 0 aliphatic carbocycles. The van der Waals surface area contributed by atoms with Crippen LogP contribution < -0.4 is 10.4 Å². The summed E-state index contributed by atoms with van der Waals surface area (Å²) >= 11 is 0. The summed E-state index contributed by atoms with van der Waals surface area (Å²) in [5.74, 6) is -3.20. The van der Waals surface area contributed by atoms with Gasteiger partial charge < -0.3 is 28.1 Å². The first-order valence-corrected chi connectivity index (χ1v) is 21.9. The summed E-state index contributed by atoms with van der Waals surface area (Å²) < 4.78 is 38.8. The van der Waals surface area contributed by atoms with Crippen LogP contribution >= 0.6 is 0 Å². The van der Waals surface area contributed by atoms with E-state index in [4.69, 9.17) is 28.1 Å². The third-order valence-electron chi connectivity index (χ3n) is 10.5. The predicted octanol–water partition coefficient (Wildman–Crippen LogP) is 7.82. The van der Waals surface area contributed by atoms with Crippen molar-refractivity contribution >= 4 is 42.6 Å². The Hall–Kier alpha value is -6.66. The Kier molecular flexibility index (Phi) is 13.3. The van der Waals surface area contributed by atoms with Gasteiger partial charge in [0.15, 0.2) is 12.2 Å². The smallest absolute Gasteiger partial charge is 0.340 e. The maximum Gasteiger partial charge on any atom is 0.340 e. The Morgan fingerprint density at radius 2 is 0.754 bits per heavy atom. The zero-order valence-electron chi connectivity index (χ0n) is 34.0. The van der Waals surface area contributed by atoms with Crippen LogP contribution in [0.25, 0.3) is 0 Å². The Labute approximate surface area is 356 Å². The van der Waals surface area contributed by atoms with Gasteiger partial charge in [-0.1, -0.05) is 154 Å². The topological polar surface area (TPSA) is 124 Å². The summed E-state index contributed by atoms with van der Waals surface area (Å²) in [5, 5.41) is 1.46. The van der Waals surface area contributed by atoms with Crippen molar-refractivity contribution in [1.82, 2.24) is 0 Å². The zero-order valence-corrected chi connectivity index (χ0v) is 35.0. The third kappa shape index (κ3) is 9.71. The fourth-order valence-electron chi connectivity index (χ4n) is 7.52. The Morgan fingerprint density at radius 3 is 1.11 bits per heavy atom. The molecule has 0 radical (unpaired) electrons. The second-order valence-electron chi connectivity index (χ2n) is 15.5. The molecule has 6 aromatic carbocycles. The molecule has 310 valence electrons. The van der Waals surface area contributed by atoms with Gasteiger partial charge >= 0.3 is 23.9 Å². The van der Waals surface area contributed by atoms with E-state index in [0.29, 0.717) is 0 Å². The number of benzene rings is 6. The molecule has 0 spiro atoms. The fraction of sp³-hybridized carbons (Fsp3) is 0.200. The molecule has 1 heterocycles. The summed E-state index contributed by atoms with van der Waals surface area (Å²) in [6.45, 7) is 6.10. The normalized spacial score (nSPS) is 18.9. The molecule has 1 saturated heterocycles. The summed E-state index contributed by atoms with van der Waals surface area (Å²) in [5.41, 5.74) is 0.736. The van der Waals surface area contributed by atoms with E-state index >= 15 is 0 Å². The fourth-order valence-corrected chi connectivity index (χ4v) is 12.1. The van der Waals surface area contributed by atoms with Crippen molar-refractivity contribution < 1.29 is 47.3 Å². The van der Waals surface area contributed by atoms with Crippen LogP contribution in [0, 0.1) is 0 Å². The largest absolute Gasteiger partial charge is 0.452 e. The van der Waals surface area contributed by atoms with Crippen LogP contribution in [0.1, 0.15) is 62.2 Å². The lowest BCUT2D eigenvalue weighted by molar-refractivity contribution is -0.282. The monoisotopic (exact) mass is 834 g/mol. The van der Waals surface area contributed by atoms with Crippen LogP contribution in [0.15, 0.2) is 182 Å². The molecular formula is C50H46O10Si. The number of hydrogen-bond donors (Lipinski definition) is 0. The molecule has 0 amide bonds. The molecule has 10 nitrogen and oxygen atoms in total. The lowest BCUT2D eigenvalue weighted by atomic mass is 9.97. The van der Waals surface area contributed by atoms with Crippen molar-refractivity contribution in [2.45, 2.75) is 56.5 Å². The van der Waals surface area contributed by atoms with Gasteiger partial charge in [-0.25, -0.2) is 19.2 Å². The number of rotatable bonds is 13. The predicted molar refractivity (Wildman–Crippen MR) is 231 cm³/mol. The van der Waals surface area contributed by atoms with Gasteiger partial charge in [0.25, 0.3) is 8.32 Å². The number of esters is 4. The highest BCUT2D eigenvalue weighted by atomic mass is 28.4. The Bertz CT molecular complexity index is 2340. The Balaban J connectivity index is 1.37. The molecule has 0 N–H and O–H groups in total. The average molecular weight is 835 g/mol. The number of ether oxygens (including phenoxy) is 5. The minimum absolute atomic E-state index is 0.166. The minimum Gasteiger partial charge on any atom is -0.452 e. The van der Waals surface area contributed by atoms with Crippen LogP contribution in [0.4, 0.5) is 0 Å². The second kappa shape index (κ2) is 19.2. The van der Waals surface area contributed by atoms with E-state index < -0.39 is 67.9 Å². The molecular weight excluding hydrogens is 789 g/mol. The van der Waals surface area contributed by atoms with Crippen LogP contribution in [0.5, 0.6) is 0 Å². The van der Waals surface area contributed by atoms with E-state index in [1.165, 1.54) is 0 Å². The first-order valence-electron chi connectivity index (χ1n) is 20.0. The quantitative estimate of drug-likeness (QED) is 0.0647. The van der Waals surface area contributed by atoms with Gasteiger partial charge in [0.2, 0.25) is 12.4 Å². The number of carbonyl (C=O) groups is 4. The van der Waals surface area contributed by atoms with Gasteiger partial charge in [0.05, 0.1) is 28.9 Å². The second-order valence-corrected chi connectivity index (χ2v) is 19.8. The van der Waals surface area contributed by atoms with Gasteiger partial charge in [-0.05, 0) is 63.9 Å². The van der Waals surface area contributed by atoms with Gasteiger partial charge in [0, 0.05) is 0 Å². The van der Waals surface area contributed by atoms with E-state index in [2.05, 4.69) is 20.8 Å². The maximum atomic E-state index is 14.1. The molecule has 11 heteroatoms. The van der Waals surface area contributed by atoms with E-state index in [9.17, 15) is 19.2 Å². The molecule has 1 aliphatic heterocycles. The molecule has 1 aliphatic rings. The van der Waals surface area contributed by atoms with Crippen LogP contribution in [0.3, 0.4) is 0 Å². The SMILES string of the molecule is CC(C)(C)[Si](OC[C@H]1O[C@@H](OC(=O)c2ccccc2)[C@H](OC(=O)c2ccccc2)[C@@H](OC(=O)c2ccccc2)[C@@H]1OC(=O)c1ccccc1)(c1ccccc1)c1ccccc1. The molecule has 6 aromatic rings. The van der Waals surface area contributed by atoms with Crippen LogP contribution in [0.2, 0.25) is 5.04 Å². The first-order chi connectivity index (χ1) is 29.5. The van der Waals surface area contributed by atoms with Gasteiger partial charge in [-0.3, -0.25) is 0 Å². The van der Waals surface area contributed by atoms with Crippen molar-refractivity contribution in [3.63, 3.8) is 0 Å². The molecule has 0 saturated carbocycles. The van der Waals surface area contributed by atoms with E-state index in [1.54, 1.807) is 121 Å². The van der Waals surface area contributed by atoms with Gasteiger partial charge in [-0.15, -0.1) is 0 Å². The average Bonchev–Trinajstić information content (AvgIpc) is 3.30. The zero-order chi connectivity index (χ0) is 42.8. The molecule has 0 bridgehead atoms. The van der Waals surface area contributed by atoms with Crippen molar-refractivity contribution in [3.8, 4) is 0 Å². The maximum absolute atomic E-state index is 14.1. The molecule has 1 fully saturated rings. The third-order valence-corrected chi connectivity index (χ3v) is 15.5. The molecule has 0 aromatic heterocycles. The lowest BCUT2D eigenvalue weighted by Gasteiger charge is -2.47. The van der Waals surface area contributed by atoms with E-state index in [-0.39, 0.29) is 28.9 Å². The summed E-state index contributed by atoms with van der Waals surface area (Å²) in [6.07, 6.45) is -7.66. The highest BCUT2D eigenvalue weighted by Crippen LogP contribution is 2.38. The van der Waals surface area contributed by atoms with Gasteiger partial charge in [0.1, 0.15) is 6.10 Å². The Morgan fingerprint density at radius 1 is 0.443 bits per heavy atom. The highest BCUT2D eigenvalue weighted by Gasteiger charge is 2.56. The van der Waals surface area contributed by atoms with Gasteiger partial charge in [-0.2, -0.15) is 0 Å². The molecule has 5 atom stereocenters. The van der Waals surface area contributed by atoms with Crippen LogP contribution in [-0.2, 0) is 28.1 Å². The number of hydrogen-bond acceptors (Lipinski definition) is 10. The highest BCUT2D eigenvalue weighted by molar-refractivity contribution is 6.99. The van der Waals surface area contributed by atoms with Crippen molar-refractivity contribution in [1.29, 1.82) is 0 Å². The van der Waals surface area contributed by atoms with E-state index in [0.717, 1.165) is 10.4 Å². The van der Waals surface area contributed by atoms with Crippen LogP contribution in [-0.4, -0.2) is 69.5 Å². The first kappa shape index (κ1) is 42.5. The van der Waals surface area contributed by atoms with Crippen molar-refractivity contribution in [2.24, 2.45) is 0 Å². The minimum atomic E-state index is -3.29. The standard InChI is InChI=1S/C50H46O10Si/c1-50(2,3)61(39-30-18-8-19-31-39,40-32-20-9-21-33-40)55-34-41-42(57-45(51)35-22-10-4-11-23-35)43(58-46(52)36-24-12-5-13-25-36)44(59-47(53)37-26-14-6-15-27-37)49(56-41)60-48(54)38-28-16-7-17-29-38/h4-33,41-44,49H,34H2,1-3H3/t41-,42-,43+,44-,49+/m1/s1. The summed E-state index contributed by atoms with van der Waals surface area (Å²) in [6, 6.07) is 52.8. The molecule has 61 heavy (non-hydrogen) atoms.